The molecule has 0 aliphatic heterocycles. The highest BCUT2D eigenvalue weighted by atomic mass is 16.3. The zero-order chi connectivity index (χ0) is 12.0. The minimum absolute atomic E-state index is 0.0305. The van der Waals surface area contributed by atoms with Gasteiger partial charge in [0.1, 0.15) is 0 Å². The summed E-state index contributed by atoms with van der Waals surface area (Å²) < 4.78 is 0. The highest BCUT2D eigenvalue weighted by Crippen LogP contribution is 2.17. The van der Waals surface area contributed by atoms with Crippen molar-refractivity contribution in [2.24, 2.45) is 0 Å². The number of carbonyl (C=O) groups excluding carboxylic acids is 1. The van der Waals surface area contributed by atoms with Gasteiger partial charge in [-0.3, -0.25) is 4.79 Å². The first-order valence-corrected chi connectivity index (χ1v) is 5.96. The average Bonchev–Trinajstić information content (AvgIpc) is 2.77. The fourth-order valence-corrected chi connectivity index (χ4v) is 1.87. The second-order valence-corrected chi connectivity index (χ2v) is 4.46. The summed E-state index contributed by atoms with van der Waals surface area (Å²) in [4.78, 5) is 11.7. The number of hydrogen-bond donors (Lipinski definition) is 4. The summed E-state index contributed by atoms with van der Waals surface area (Å²) in [6, 6.07) is -0.0127. The van der Waals surface area contributed by atoms with E-state index >= 15 is 0 Å². The van der Waals surface area contributed by atoms with Crippen LogP contribution in [0.15, 0.2) is 0 Å². The Kier molecular flexibility index (Phi) is 5.73. The maximum Gasteiger partial charge on any atom is 0.237 e. The van der Waals surface area contributed by atoms with Crippen molar-refractivity contribution in [1.29, 1.82) is 0 Å². The molecule has 1 saturated carbocycles. The molecule has 1 fully saturated rings. The van der Waals surface area contributed by atoms with Crippen molar-refractivity contribution in [1.82, 2.24) is 10.6 Å². The lowest BCUT2D eigenvalue weighted by Gasteiger charge is -2.18. The zero-order valence-corrected chi connectivity index (χ0v) is 9.78. The summed E-state index contributed by atoms with van der Waals surface area (Å²) in [6.45, 7) is 1.70. The molecule has 0 radical (unpaired) electrons. The van der Waals surface area contributed by atoms with Gasteiger partial charge in [0, 0.05) is 12.6 Å². The molecule has 0 aromatic rings. The third-order valence-electron chi connectivity index (χ3n) is 2.97. The van der Waals surface area contributed by atoms with Gasteiger partial charge in [-0.1, -0.05) is 12.8 Å². The van der Waals surface area contributed by atoms with E-state index in [0.29, 0.717) is 6.04 Å². The number of aliphatic hydroxyl groups excluding tert-OH is 2. The standard InChI is InChI=1S/C11H22N2O3/c1-8(12-6-10(15)7-14)11(16)13-9-4-2-3-5-9/h8-10,12,14-15H,2-7H2,1H3,(H,13,16). The Morgan fingerprint density at radius 1 is 1.44 bits per heavy atom. The van der Waals surface area contributed by atoms with Crippen LogP contribution in [-0.2, 0) is 4.79 Å². The molecular formula is C11H22N2O3. The minimum atomic E-state index is -0.804. The second kappa shape index (κ2) is 6.83. The Hall–Kier alpha value is -0.650. The molecule has 0 heterocycles. The summed E-state index contributed by atoms with van der Waals surface area (Å²) >= 11 is 0. The van der Waals surface area contributed by atoms with Gasteiger partial charge in [0.05, 0.1) is 18.8 Å². The lowest BCUT2D eigenvalue weighted by molar-refractivity contribution is -0.123. The normalized spacial score (nSPS) is 20.7. The van der Waals surface area contributed by atoms with E-state index in [1.54, 1.807) is 6.92 Å². The van der Waals surface area contributed by atoms with Crippen LogP contribution in [0.3, 0.4) is 0 Å². The Morgan fingerprint density at radius 3 is 2.62 bits per heavy atom. The molecule has 5 nitrogen and oxygen atoms in total. The Morgan fingerprint density at radius 2 is 2.06 bits per heavy atom. The molecular weight excluding hydrogens is 208 g/mol. The molecule has 0 aromatic carbocycles. The molecule has 0 aromatic heterocycles. The predicted molar refractivity (Wildman–Crippen MR) is 61.0 cm³/mol. The molecule has 1 amide bonds. The largest absolute Gasteiger partial charge is 0.394 e. The topological polar surface area (TPSA) is 81.6 Å². The molecule has 2 unspecified atom stereocenters. The first kappa shape index (κ1) is 13.4. The van der Waals surface area contributed by atoms with Crippen molar-refractivity contribution >= 4 is 5.91 Å². The highest BCUT2D eigenvalue weighted by molar-refractivity contribution is 5.81. The van der Waals surface area contributed by atoms with Gasteiger partial charge in [0.15, 0.2) is 0 Å². The van der Waals surface area contributed by atoms with E-state index < -0.39 is 6.10 Å². The van der Waals surface area contributed by atoms with E-state index in [1.807, 2.05) is 0 Å². The average molecular weight is 230 g/mol. The van der Waals surface area contributed by atoms with Crippen LogP contribution < -0.4 is 10.6 Å². The van der Waals surface area contributed by atoms with Crippen LogP contribution in [-0.4, -0.2) is 47.5 Å². The number of carbonyl (C=O) groups is 1. The van der Waals surface area contributed by atoms with Crippen molar-refractivity contribution in [2.45, 2.75) is 50.8 Å². The van der Waals surface area contributed by atoms with Gasteiger partial charge in [-0.2, -0.15) is 0 Å². The van der Waals surface area contributed by atoms with Gasteiger partial charge in [-0.25, -0.2) is 0 Å². The van der Waals surface area contributed by atoms with Crippen LogP contribution in [0.1, 0.15) is 32.6 Å². The van der Waals surface area contributed by atoms with Crippen molar-refractivity contribution < 1.29 is 15.0 Å². The van der Waals surface area contributed by atoms with Gasteiger partial charge < -0.3 is 20.8 Å². The lowest BCUT2D eigenvalue weighted by Crippen LogP contribution is -2.47. The van der Waals surface area contributed by atoms with Crippen molar-refractivity contribution in [3.63, 3.8) is 0 Å². The van der Waals surface area contributed by atoms with Crippen LogP contribution in [0.2, 0.25) is 0 Å². The van der Waals surface area contributed by atoms with Crippen LogP contribution in [0.4, 0.5) is 0 Å². The number of nitrogens with one attached hydrogen (secondary N) is 2. The van der Waals surface area contributed by atoms with Crippen LogP contribution in [0, 0.1) is 0 Å². The maximum atomic E-state index is 11.7. The van der Waals surface area contributed by atoms with E-state index in [2.05, 4.69) is 10.6 Å². The van der Waals surface area contributed by atoms with Crippen LogP contribution >= 0.6 is 0 Å². The molecule has 0 bridgehead atoms. The van der Waals surface area contributed by atoms with Gasteiger partial charge in [0.25, 0.3) is 0 Å². The van der Waals surface area contributed by atoms with E-state index in [-0.39, 0.29) is 25.1 Å². The monoisotopic (exact) mass is 230 g/mol. The summed E-state index contributed by atoms with van der Waals surface area (Å²) in [5.74, 6) is -0.0305. The predicted octanol–water partition coefficient (Wildman–Crippen LogP) is -0.624. The van der Waals surface area contributed by atoms with Gasteiger partial charge in [-0.15, -0.1) is 0 Å². The SMILES string of the molecule is CC(NCC(O)CO)C(=O)NC1CCCC1. The molecule has 1 aliphatic carbocycles. The number of rotatable bonds is 6. The number of amides is 1. The minimum Gasteiger partial charge on any atom is -0.394 e. The summed E-state index contributed by atoms with van der Waals surface area (Å²) in [6.07, 6.45) is 3.71. The lowest BCUT2D eigenvalue weighted by atomic mass is 10.2. The van der Waals surface area contributed by atoms with Crippen molar-refractivity contribution in [2.75, 3.05) is 13.2 Å². The first-order chi connectivity index (χ1) is 7.63. The maximum absolute atomic E-state index is 11.7. The third-order valence-corrected chi connectivity index (χ3v) is 2.97. The Balaban J connectivity index is 2.19. The molecule has 4 N–H and O–H groups in total. The van der Waals surface area contributed by atoms with E-state index in [0.717, 1.165) is 12.8 Å². The van der Waals surface area contributed by atoms with Gasteiger partial charge in [-0.05, 0) is 19.8 Å². The molecule has 2 atom stereocenters. The Labute approximate surface area is 96.2 Å². The van der Waals surface area contributed by atoms with E-state index in [4.69, 9.17) is 10.2 Å². The first-order valence-electron chi connectivity index (χ1n) is 5.96. The zero-order valence-electron chi connectivity index (χ0n) is 9.78. The van der Waals surface area contributed by atoms with E-state index in [9.17, 15) is 4.79 Å². The quantitative estimate of drug-likeness (QED) is 0.490. The summed E-state index contributed by atoms with van der Waals surface area (Å²) in [5, 5.41) is 23.6. The second-order valence-electron chi connectivity index (χ2n) is 4.46. The molecule has 1 aliphatic rings. The highest BCUT2D eigenvalue weighted by Gasteiger charge is 2.20. The molecule has 1 rings (SSSR count). The number of hydrogen-bond acceptors (Lipinski definition) is 4. The van der Waals surface area contributed by atoms with Crippen molar-refractivity contribution in [3.8, 4) is 0 Å². The van der Waals surface area contributed by atoms with Gasteiger partial charge >= 0.3 is 0 Å². The van der Waals surface area contributed by atoms with Crippen molar-refractivity contribution in [3.05, 3.63) is 0 Å². The van der Waals surface area contributed by atoms with E-state index in [1.165, 1.54) is 12.8 Å². The fraction of sp³-hybridized carbons (Fsp3) is 0.909. The summed E-state index contributed by atoms with van der Waals surface area (Å²) in [5.41, 5.74) is 0. The van der Waals surface area contributed by atoms with Crippen LogP contribution in [0.5, 0.6) is 0 Å². The molecule has 94 valence electrons. The Bertz CT molecular complexity index is 217. The molecule has 5 heteroatoms. The fourth-order valence-electron chi connectivity index (χ4n) is 1.87. The smallest absolute Gasteiger partial charge is 0.237 e. The summed E-state index contributed by atoms with van der Waals surface area (Å²) in [7, 11) is 0. The third kappa shape index (κ3) is 4.47. The molecule has 0 saturated heterocycles. The molecule has 0 spiro atoms. The number of aliphatic hydroxyl groups is 2. The van der Waals surface area contributed by atoms with Crippen LogP contribution in [0.25, 0.3) is 0 Å². The van der Waals surface area contributed by atoms with Gasteiger partial charge in [0.2, 0.25) is 5.91 Å². The molecule has 16 heavy (non-hydrogen) atoms.